The van der Waals surface area contributed by atoms with Gasteiger partial charge in [-0.1, -0.05) is 58.3 Å². The molecule has 1 N–H and O–H groups in total. The predicted octanol–water partition coefficient (Wildman–Crippen LogP) is 6.27. The van der Waals surface area contributed by atoms with Gasteiger partial charge < -0.3 is 14.5 Å². The molecular formula is C21H35NO4. The number of Topliss-reactive ketones (excluding diaryl/α,β-unsaturated/α-hetero) is 1. The minimum absolute atomic E-state index is 0.109. The van der Waals surface area contributed by atoms with Crippen LogP contribution in [-0.2, 0) is 4.74 Å². The number of aromatic amines is 1. The highest BCUT2D eigenvalue weighted by Gasteiger charge is 2.20. The number of aromatic nitrogens is 1. The average Bonchev–Trinajstić information content (AvgIpc) is 2.87. The highest BCUT2D eigenvalue weighted by atomic mass is 16.7. The number of carbonyl (C=O) groups is 2. The molecular weight excluding hydrogens is 330 g/mol. The molecule has 1 aromatic rings. The maximum absolute atomic E-state index is 12.5. The summed E-state index contributed by atoms with van der Waals surface area (Å²) in [6.07, 6.45) is 10.8. The highest BCUT2D eigenvalue weighted by molar-refractivity contribution is 5.99. The van der Waals surface area contributed by atoms with Gasteiger partial charge >= 0.3 is 6.16 Å². The van der Waals surface area contributed by atoms with Gasteiger partial charge in [-0.05, 0) is 27.2 Å². The summed E-state index contributed by atoms with van der Waals surface area (Å²) in [7, 11) is 0. The summed E-state index contributed by atoms with van der Waals surface area (Å²) in [5.41, 5.74) is 2.06. The zero-order valence-corrected chi connectivity index (χ0v) is 16.9. The predicted molar refractivity (Wildman–Crippen MR) is 104 cm³/mol. The molecule has 0 aliphatic rings. The Bertz CT molecular complexity index is 563. The Kier molecular flexibility index (Phi) is 10.7. The van der Waals surface area contributed by atoms with Crippen LogP contribution in [0.1, 0.15) is 99.7 Å². The molecule has 0 spiro atoms. The maximum atomic E-state index is 12.5. The smallest absolute Gasteiger partial charge is 0.434 e. The monoisotopic (exact) mass is 365 g/mol. The van der Waals surface area contributed by atoms with E-state index in [1.54, 1.807) is 13.8 Å². The quantitative estimate of drug-likeness (QED) is 0.254. The molecule has 0 aliphatic carbocycles. The van der Waals surface area contributed by atoms with Crippen LogP contribution in [0.3, 0.4) is 0 Å². The number of carbonyl (C=O) groups excluding carboxylic acids is 2. The topological polar surface area (TPSA) is 68.4 Å². The lowest BCUT2D eigenvalue weighted by Crippen LogP contribution is -2.11. The molecule has 0 aromatic carbocycles. The van der Waals surface area contributed by atoms with Crippen molar-refractivity contribution in [2.24, 2.45) is 0 Å². The number of unbranched alkanes of at least 4 members (excludes halogenated alkanes) is 8. The molecule has 0 atom stereocenters. The van der Waals surface area contributed by atoms with Crippen LogP contribution in [0, 0.1) is 13.8 Å². The van der Waals surface area contributed by atoms with Gasteiger partial charge in [0.05, 0.1) is 6.61 Å². The molecule has 1 heterocycles. The Hall–Kier alpha value is -1.78. The maximum Gasteiger partial charge on any atom is 0.515 e. The van der Waals surface area contributed by atoms with Gasteiger partial charge in [0.25, 0.3) is 0 Å². The van der Waals surface area contributed by atoms with Crippen LogP contribution in [0.25, 0.3) is 0 Å². The van der Waals surface area contributed by atoms with Gasteiger partial charge in [-0.2, -0.15) is 0 Å². The first kappa shape index (κ1) is 22.3. The van der Waals surface area contributed by atoms with Gasteiger partial charge in [0.15, 0.2) is 5.78 Å². The fourth-order valence-corrected chi connectivity index (χ4v) is 3.19. The third-order valence-electron chi connectivity index (χ3n) is 4.63. The lowest BCUT2D eigenvalue weighted by atomic mass is 10.0. The number of rotatable bonds is 13. The summed E-state index contributed by atoms with van der Waals surface area (Å²) >= 11 is 0. The molecule has 148 valence electrons. The molecule has 1 aromatic heterocycles. The summed E-state index contributed by atoms with van der Waals surface area (Å²) in [4.78, 5) is 27.0. The molecule has 1 rings (SSSR count). The van der Waals surface area contributed by atoms with Crippen molar-refractivity contribution in [1.29, 1.82) is 0 Å². The van der Waals surface area contributed by atoms with Crippen LogP contribution in [0.5, 0.6) is 5.88 Å². The number of H-pyrrole nitrogens is 1. The number of hydrogen-bond donors (Lipinski definition) is 1. The molecule has 0 radical (unpaired) electrons. The molecule has 0 unspecified atom stereocenters. The minimum atomic E-state index is -0.755. The van der Waals surface area contributed by atoms with Gasteiger partial charge in [0.2, 0.25) is 5.88 Å². The van der Waals surface area contributed by atoms with Crippen molar-refractivity contribution >= 4 is 11.9 Å². The van der Waals surface area contributed by atoms with Crippen LogP contribution in [0.2, 0.25) is 0 Å². The van der Waals surface area contributed by atoms with E-state index < -0.39 is 6.16 Å². The van der Waals surface area contributed by atoms with Crippen molar-refractivity contribution in [3.63, 3.8) is 0 Å². The second-order valence-corrected chi connectivity index (χ2v) is 6.87. The second-order valence-electron chi connectivity index (χ2n) is 6.87. The number of hydrogen-bond acceptors (Lipinski definition) is 4. The van der Waals surface area contributed by atoms with E-state index in [-0.39, 0.29) is 12.4 Å². The first-order valence-electron chi connectivity index (χ1n) is 10.1. The fraction of sp³-hybridized carbons (Fsp3) is 0.714. The van der Waals surface area contributed by atoms with Crippen molar-refractivity contribution in [1.82, 2.24) is 4.98 Å². The van der Waals surface area contributed by atoms with Crippen LogP contribution in [0.15, 0.2) is 0 Å². The van der Waals surface area contributed by atoms with E-state index in [2.05, 4.69) is 11.9 Å². The summed E-state index contributed by atoms with van der Waals surface area (Å²) < 4.78 is 9.90. The molecule has 5 nitrogen and oxygen atoms in total. The Morgan fingerprint density at radius 2 is 1.46 bits per heavy atom. The number of aryl methyl sites for hydroxylation is 1. The highest BCUT2D eigenvalue weighted by Crippen LogP contribution is 2.26. The van der Waals surface area contributed by atoms with E-state index in [4.69, 9.17) is 9.47 Å². The van der Waals surface area contributed by atoms with Gasteiger partial charge in [-0.25, -0.2) is 4.79 Å². The molecule has 0 saturated carbocycles. The van der Waals surface area contributed by atoms with E-state index in [9.17, 15) is 9.59 Å². The summed E-state index contributed by atoms with van der Waals surface area (Å²) in [5, 5.41) is 0. The van der Waals surface area contributed by atoms with Crippen LogP contribution in [-0.4, -0.2) is 23.5 Å². The van der Waals surface area contributed by atoms with Gasteiger partial charge in [-0.3, -0.25) is 4.79 Å². The van der Waals surface area contributed by atoms with Gasteiger partial charge in [0.1, 0.15) is 0 Å². The van der Waals surface area contributed by atoms with Crippen molar-refractivity contribution in [3.05, 3.63) is 16.8 Å². The van der Waals surface area contributed by atoms with E-state index in [1.165, 1.54) is 44.9 Å². The fourth-order valence-electron chi connectivity index (χ4n) is 3.19. The summed E-state index contributed by atoms with van der Waals surface area (Å²) in [5.74, 6) is 0.411. The summed E-state index contributed by atoms with van der Waals surface area (Å²) in [6.45, 7) is 7.82. The van der Waals surface area contributed by atoms with E-state index in [0.29, 0.717) is 23.4 Å². The normalized spacial score (nSPS) is 10.8. The zero-order valence-electron chi connectivity index (χ0n) is 16.9. The van der Waals surface area contributed by atoms with Crippen molar-refractivity contribution in [2.45, 2.75) is 91.9 Å². The van der Waals surface area contributed by atoms with E-state index in [0.717, 1.165) is 18.5 Å². The third-order valence-corrected chi connectivity index (χ3v) is 4.63. The SMILES string of the molecule is CCCCCCCCCCCC(=O)c1c(C)[nH]c(OC(=O)OCC)c1C. The molecule has 26 heavy (non-hydrogen) atoms. The van der Waals surface area contributed by atoms with Gasteiger partial charge in [-0.15, -0.1) is 0 Å². The summed E-state index contributed by atoms with van der Waals surface area (Å²) in [6, 6.07) is 0. The van der Waals surface area contributed by atoms with E-state index in [1.807, 2.05) is 6.92 Å². The Balaban J connectivity index is 2.36. The van der Waals surface area contributed by atoms with Crippen LogP contribution in [0.4, 0.5) is 4.79 Å². The Morgan fingerprint density at radius 1 is 0.885 bits per heavy atom. The molecule has 0 amide bonds. The van der Waals surface area contributed by atoms with E-state index >= 15 is 0 Å². The molecule has 5 heteroatoms. The lowest BCUT2D eigenvalue weighted by Gasteiger charge is -2.04. The van der Waals surface area contributed by atoms with Crippen LogP contribution < -0.4 is 4.74 Å². The molecule has 0 saturated heterocycles. The molecule has 0 fully saturated rings. The van der Waals surface area contributed by atoms with Gasteiger partial charge in [0, 0.05) is 23.2 Å². The lowest BCUT2D eigenvalue weighted by molar-refractivity contribution is 0.0972. The van der Waals surface area contributed by atoms with Crippen molar-refractivity contribution < 1.29 is 19.1 Å². The number of ketones is 1. The first-order chi connectivity index (χ1) is 12.5. The zero-order chi connectivity index (χ0) is 19.4. The minimum Gasteiger partial charge on any atom is -0.434 e. The third kappa shape index (κ3) is 7.63. The van der Waals surface area contributed by atoms with Crippen molar-refractivity contribution in [2.75, 3.05) is 6.61 Å². The number of ether oxygens (including phenoxy) is 2. The molecule has 0 aliphatic heterocycles. The second kappa shape index (κ2) is 12.6. The first-order valence-corrected chi connectivity index (χ1v) is 10.1. The Morgan fingerprint density at radius 3 is 2.04 bits per heavy atom. The largest absolute Gasteiger partial charge is 0.515 e. The standard InChI is InChI=1S/C21H35NO4/c1-5-7-8-9-10-11-12-13-14-15-18(23)19-16(3)20(22-17(19)4)26-21(24)25-6-2/h22H,5-15H2,1-4H3. The van der Waals surface area contributed by atoms with Crippen LogP contribution >= 0.6 is 0 Å². The molecule has 0 bridgehead atoms. The Labute approximate surface area is 157 Å². The average molecular weight is 366 g/mol. The number of nitrogens with one attached hydrogen (secondary N) is 1. The van der Waals surface area contributed by atoms with Crippen molar-refractivity contribution in [3.8, 4) is 5.88 Å².